The fourth-order valence-electron chi connectivity index (χ4n) is 25.7. The molecule has 716 valence electrons. The highest BCUT2D eigenvalue weighted by Crippen LogP contribution is 2.61. The Balaban J connectivity index is 0.000000112. The third-order valence-electron chi connectivity index (χ3n) is 33.0. The number of thiophene rings is 1. The van der Waals surface area contributed by atoms with Gasteiger partial charge in [-0.05, 0) is 325 Å². The summed E-state index contributed by atoms with van der Waals surface area (Å²) >= 11 is 1.87. The van der Waals surface area contributed by atoms with Gasteiger partial charge in [-0.15, -0.1) is 11.3 Å². The number of rotatable bonds is 14. The molecule has 29 rings (SSSR count). The Hall–Kier alpha value is -17.7. The van der Waals surface area contributed by atoms with Crippen LogP contribution in [0, 0.1) is 20.8 Å². The number of nitrogens with zero attached hydrogens (tertiary/aromatic N) is 3. The number of para-hydroxylation sites is 1. The quantitative estimate of drug-likeness (QED) is 0.108. The Labute approximate surface area is 881 Å². The zero-order chi connectivity index (χ0) is 101. The smallest absolute Gasteiger partial charge is 0.137 e. The molecule has 23 aromatic carbocycles. The Kier molecular flexibility index (Phi) is 21.7. The van der Waals surface area contributed by atoms with Crippen LogP contribution < -0.4 is 14.7 Å². The molecule has 4 aliphatic carbocycles. The van der Waals surface area contributed by atoms with Gasteiger partial charge in [-0.3, -0.25) is 0 Å². The first-order valence-corrected chi connectivity index (χ1v) is 53.3. The molecule has 0 aliphatic heterocycles. The molecule has 150 heavy (non-hydrogen) atoms. The summed E-state index contributed by atoms with van der Waals surface area (Å²) in [6.07, 6.45) is 0. The average molecular weight is 1940 g/mol. The molecule has 4 aliphatic rings. The van der Waals surface area contributed by atoms with Crippen molar-refractivity contribution in [1.82, 2.24) is 0 Å². The van der Waals surface area contributed by atoms with E-state index in [2.05, 4.69) is 562 Å². The molecule has 0 amide bonds. The number of benzene rings is 23. The van der Waals surface area contributed by atoms with Gasteiger partial charge in [-0.2, -0.15) is 0 Å². The molecule has 0 spiro atoms. The molecule has 0 saturated carbocycles. The van der Waals surface area contributed by atoms with Crippen molar-refractivity contribution in [3.05, 3.63) is 570 Å². The van der Waals surface area contributed by atoms with Crippen LogP contribution in [-0.2, 0) is 21.7 Å². The highest BCUT2D eigenvalue weighted by atomic mass is 32.1. The molecule has 0 bridgehead atoms. The Morgan fingerprint density at radius 1 is 0.187 bits per heavy atom. The van der Waals surface area contributed by atoms with E-state index in [4.69, 9.17) is 4.42 Å². The van der Waals surface area contributed by atoms with E-state index >= 15 is 0 Å². The first-order chi connectivity index (χ1) is 73.4. The number of furan rings is 1. The minimum Gasteiger partial charge on any atom is -0.456 e. The summed E-state index contributed by atoms with van der Waals surface area (Å²) in [7, 11) is 0. The maximum Gasteiger partial charge on any atom is 0.137 e. The molecular weight excluding hydrogens is 1830 g/mol. The van der Waals surface area contributed by atoms with Gasteiger partial charge in [-0.25, -0.2) is 0 Å². The highest BCUT2D eigenvalue weighted by Gasteiger charge is 2.47. The van der Waals surface area contributed by atoms with E-state index in [0.717, 1.165) is 56.1 Å². The van der Waals surface area contributed by atoms with Crippen LogP contribution in [0.25, 0.3) is 152 Å². The number of aryl methyl sites for hydroxylation is 3. The van der Waals surface area contributed by atoms with Crippen LogP contribution in [0.5, 0.6) is 0 Å². The minimum absolute atomic E-state index is 0.0731. The summed E-state index contributed by atoms with van der Waals surface area (Å²) in [5.74, 6) is 0. The van der Waals surface area contributed by atoms with Crippen LogP contribution in [-0.4, -0.2) is 0 Å². The van der Waals surface area contributed by atoms with Crippen LogP contribution in [0.3, 0.4) is 0 Å². The lowest BCUT2D eigenvalue weighted by atomic mass is 9.67. The predicted molar refractivity (Wildman–Crippen MR) is 637 cm³/mol. The van der Waals surface area contributed by atoms with E-state index < -0.39 is 5.41 Å². The van der Waals surface area contributed by atoms with E-state index in [1.165, 1.54) is 220 Å². The lowest BCUT2D eigenvalue weighted by Gasteiger charge is -2.35. The highest BCUT2D eigenvalue weighted by molar-refractivity contribution is 7.25. The van der Waals surface area contributed by atoms with Gasteiger partial charge in [0.1, 0.15) is 11.2 Å². The van der Waals surface area contributed by atoms with Gasteiger partial charge in [0.2, 0.25) is 0 Å². The van der Waals surface area contributed by atoms with E-state index in [0.29, 0.717) is 0 Å². The second kappa shape index (κ2) is 35.8. The summed E-state index contributed by atoms with van der Waals surface area (Å²) in [6, 6.07) is 184. The van der Waals surface area contributed by atoms with E-state index in [1.54, 1.807) is 0 Å². The Bertz CT molecular complexity index is 9370. The van der Waals surface area contributed by atoms with Crippen molar-refractivity contribution >= 4 is 137 Å². The molecule has 2 heterocycles. The summed E-state index contributed by atoms with van der Waals surface area (Å²) in [4.78, 5) is 7.37. The van der Waals surface area contributed by atoms with E-state index in [-0.39, 0.29) is 16.2 Å². The van der Waals surface area contributed by atoms with Gasteiger partial charge in [0.25, 0.3) is 0 Å². The standard InChI is InChI=1S/C57H43N.C44H33NO.C44H33NS/c1-38-35-40(46-26-16-18-39-17-10-11-23-45(39)46)29-34-55(38)58(43-30-32-49-47-24-12-14-27-51(47)56(2,3)53(49)36-43)44-31-33-50-48-25-13-15-28-52(48)57(54(50)37-44,41-19-6-4-7-20-41)42-21-8-5-9-22-42;2*1-28-25-30(34-16-10-12-29-11-4-5-13-33(29)34)19-24-41(28)45(32-21-23-38-37-15-7-9-18-42(37)46-43(38)27-32)31-20-22-36-35-14-6-8-17-39(35)44(2,3)40(36)26-31/h4-37H,1-3H3;2*4-27H,1-3H3. The molecular formula is C145H109N3OS. The second-order valence-electron chi connectivity index (χ2n) is 42.6. The summed E-state index contributed by atoms with van der Waals surface area (Å²) in [6.45, 7) is 20.9. The molecule has 0 unspecified atom stereocenters. The molecule has 0 saturated heterocycles. The first kappa shape index (κ1) is 91.0. The van der Waals surface area contributed by atoms with Gasteiger partial charge in [0, 0.05) is 104 Å². The molecule has 0 N–H and O–H groups in total. The molecule has 0 atom stereocenters. The van der Waals surface area contributed by atoms with Crippen molar-refractivity contribution in [2.45, 2.75) is 84.0 Å². The zero-order valence-corrected chi connectivity index (χ0v) is 86.3. The third-order valence-corrected chi connectivity index (χ3v) is 34.2. The zero-order valence-electron chi connectivity index (χ0n) is 85.5. The summed E-state index contributed by atoms with van der Waals surface area (Å²) in [5, 5.41) is 12.5. The summed E-state index contributed by atoms with van der Waals surface area (Å²) < 4.78 is 9.02. The molecule has 25 aromatic rings. The maximum absolute atomic E-state index is 6.39. The lowest BCUT2D eigenvalue weighted by molar-refractivity contribution is 0.660. The van der Waals surface area contributed by atoms with Crippen molar-refractivity contribution < 1.29 is 4.42 Å². The van der Waals surface area contributed by atoms with Crippen molar-refractivity contribution in [2.24, 2.45) is 0 Å². The Morgan fingerprint density at radius 3 is 0.893 bits per heavy atom. The number of anilines is 9. The number of hydrogen-bond donors (Lipinski definition) is 0. The van der Waals surface area contributed by atoms with Crippen LogP contribution in [0.15, 0.2) is 502 Å². The SMILES string of the molecule is Cc1cc(-c2cccc3ccccc23)ccc1N(c1ccc2c(c1)C(C)(C)c1ccccc1-2)c1ccc2c(c1)C(c1ccccc1)(c1ccccc1)c1ccccc1-2.Cc1cc(-c2cccc3ccccc23)ccc1N(c1ccc2c(c1)C(C)(C)c1ccccc1-2)c1ccc2c(c1)oc1ccccc12.Cc1cc(-c2cccc3ccccc23)ccc1N(c1ccc2c(c1)C(C)(C)c1ccccc1-2)c1ccc2c(c1)sc1ccccc12. The monoisotopic (exact) mass is 1940 g/mol. The average Bonchev–Trinajstić information content (AvgIpc) is 1.53. The fraction of sp³-hybridized carbons (Fsp3) is 0.0897. The fourth-order valence-corrected chi connectivity index (χ4v) is 26.8. The molecule has 5 heteroatoms. The number of fused-ring (bicyclic) bond motifs is 21. The minimum atomic E-state index is -0.495. The topological polar surface area (TPSA) is 22.9 Å². The molecule has 4 nitrogen and oxygen atoms in total. The van der Waals surface area contributed by atoms with Gasteiger partial charge in [0.15, 0.2) is 0 Å². The lowest BCUT2D eigenvalue weighted by Crippen LogP contribution is -2.28. The van der Waals surface area contributed by atoms with Crippen molar-refractivity contribution in [2.75, 3.05) is 14.7 Å². The normalized spacial score (nSPS) is 13.6. The third kappa shape index (κ3) is 14.7. The van der Waals surface area contributed by atoms with E-state index in [9.17, 15) is 0 Å². The van der Waals surface area contributed by atoms with Crippen molar-refractivity contribution in [3.8, 4) is 77.9 Å². The second-order valence-corrected chi connectivity index (χ2v) is 43.7. The van der Waals surface area contributed by atoms with E-state index in [1.807, 2.05) is 23.5 Å². The predicted octanol–water partition coefficient (Wildman–Crippen LogP) is 40.4. The first-order valence-electron chi connectivity index (χ1n) is 52.5. The maximum atomic E-state index is 6.39. The Morgan fingerprint density at radius 2 is 0.473 bits per heavy atom. The van der Waals surface area contributed by atoms with Crippen molar-refractivity contribution in [1.29, 1.82) is 0 Å². The van der Waals surface area contributed by atoms with Gasteiger partial charge in [-0.1, -0.05) is 412 Å². The molecule has 2 aromatic heterocycles. The number of hydrogen-bond acceptors (Lipinski definition) is 5. The van der Waals surface area contributed by atoms with Gasteiger partial charge in [0.05, 0.1) is 5.41 Å². The van der Waals surface area contributed by atoms with Crippen LogP contribution in [0.2, 0.25) is 0 Å². The van der Waals surface area contributed by atoms with Crippen molar-refractivity contribution in [3.63, 3.8) is 0 Å². The van der Waals surface area contributed by atoms with Crippen LogP contribution in [0.4, 0.5) is 51.2 Å². The largest absolute Gasteiger partial charge is 0.456 e. The van der Waals surface area contributed by atoms with Gasteiger partial charge < -0.3 is 19.1 Å². The summed E-state index contributed by atoms with van der Waals surface area (Å²) in [5.41, 5.74) is 46.5. The van der Waals surface area contributed by atoms with Crippen LogP contribution in [0.1, 0.15) is 114 Å². The van der Waals surface area contributed by atoms with Gasteiger partial charge >= 0.3 is 0 Å². The van der Waals surface area contributed by atoms with Crippen LogP contribution >= 0.6 is 11.3 Å². The molecule has 0 radical (unpaired) electrons. The molecule has 0 fully saturated rings.